The molecule has 2 rings (SSSR count). The highest BCUT2D eigenvalue weighted by atomic mass is 19.2. The van der Waals surface area contributed by atoms with E-state index in [1.165, 1.54) is 4.90 Å². The van der Waals surface area contributed by atoms with E-state index < -0.39 is 29.6 Å². The lowest BCUT2D eigenvalue weighted by Crippen LogP contribution is -2.40. The minimum Gasteiger partial charge on any atom is -0.481 e. The van der Waals surface area contributed by atoms with Crippen LogP contribution >= 0.6 is 0 Å². The number of hydrogen-bond acceptors (Lipinski definition) is 3. The molecule has 1 aromatic rings. The lowest BCUT2D eigenvalue weighted by Gasteiger charge is -2.30. The molecule has 0 saturated carbocycles. The SMILES string of the molecule is O=C(O)C1CCN(C(=O)c2ccnc(F)c2F)CC1. The third kappa shape index (κ3) is 2.69. The smallest absolute Gasteiger partial charge is 0.306 e. The van der Waals surface area contributed by atoms with E-state index in [2.05, 4.69) is 4.98 Å². The van der Waals surface area contributed by atoms with Crippen molar-refractivity contribution in [3.8, 4) is 0 Å². The molecule has 7 heteroatoms. The van der Waals surface area contributed by atoms with Crippen molar-refractivity contribution in [2.45, 2.75) is 12.8 Å². The summed E-state index contributed by atoms with van der Waals surface area (Å²) in [6.07, 6.45) is 1.65. The molecule has 102 valence electrons. The first kappa shape index (κ1) is 13.4. The molecule has 0 aliphatic carbocycles. The average molecular weight is 270 g/mol. The van der Waals surface area contributed by atoms with E-state index in [1.807, 2.05) is 0 Å². The van der Waals surface area contributed by atoms with Gasteiger partial charge >= 0.3 is 5.97 Å². The van der Waals surface area contributed by atoms with E-state index in [4.69, 9.17) is 5.11 Å². The Morgan fingerprint density at radius 3 is 2.53 bits per heavy atom. The van der Waals surface area contributed by atoms with Gasteiger partial charge in [-0.3, -0.25) is 9.59 Å². The Balaban J connectivity index is 2.09. The second-order valence-electron chi connectivity index (χ2n) is 4.37. The molecular weight excluding hydrogens is 258 g/mol. The number of carbonyl (C=O) groups excluding carboxylic acids is 1. The maximum absolute atomic E-state index is 13.4. The van der Waals surface area contributed by atoms with E-state index in [0.717, 1.165) is 12.3 Å². The minimum absolute atomic E-state index is 0.221. The van der Waals surface area contributed by atoms with Gasteiger partial charge < -0.3 is 10.0 Å². The number of carbonyl (C=O) groups is 2. The van der Waals surface area contributed by atoms with Crippen LogP contribution in [0.25, 0.3) is 0 Å². The maximum atomic E-state index is 13.4. The van der Waals surface area contributed by atoms with Gasteiger partial charge in [-0.15, -0.1) is 0 Å². The first-order valence-corrected chi connectivity index (χ1v) is 5.82. The Morgan fingerprint density at radius 2 is 1.95 bits per heavy atom. The summed E-state index contributed by atoms with van der Waals surface area (Å²) in [6.45, 7) is 0.443. The minimum atomic E-state index is -1.31. The van der Waals surface area contributed by atoms with E-state index in [0.29, 0.717) is 12.8 Å². The number of likely N-dealkylation sites (tertiary alicyclic amines) is 1. The molecule has 0 bridgehead atoms. The van der Waals surface area contributed by atoms with Crippen LogP contribution in [0.15, 0.2) is 12.3 Å². The highest BCUT2D eigenvalue weighted by Gasteiger charge is 2.29. The number of carboxylic acids is 1. The normalized spacial score (nSPS) is 16.4. The second kappa shape index (κ2) is 5.29. The van der Waals surface area contributed by atoms with Crippen LogP contribution in [-0.2, 0) is 4.79 Å². The zero-order chi connectivity index (χ0) is 14.0. The molecule has 1 N–H and O–H groups in total. The molecule has 0 spiro atoms. The van der Waals surface area contributed by atoms with Gasteiger partial charge in [0.1, 0.15) is 0 Å². The Hall–Kier alpha value is -2.05. The number of halogens is 2. The van der Waals surface area contributed by atoms with Crippen molar-refractivity contribution in [1.29, 1.82) is 0 Å². The zero-order valence-corrected chi connectivity index (χ0v) is 9.97. The predicted molar refractivity (Wildman–Crippen MR) is 60.4 cm³/mol. The number of carboxylic acid groups (broad SMARTS) is 1. The first-order chi connectivity index (χ1) is 9.00. The first-order valence-electron chi connectivity index (χ1n) is 5.82. The number of amides is 1. The van der Waals surface area contributed by atoms with E-state index >= 15 is 0 Å². The van der Waals surface area contributed by atoms with Gasteiger partial charge in [-0.05, 0) is 18.9 Å². The summed E-state index contributed by atoms with van der Waals surface area (Å²) in [5, 5.41) is 8.84. The molecule has 19 heavy (non-hydrogen) atoms. The van der Waals surface area contributed by atoms with Crippen molar-refractivity contribution in [3.63, 3.8) is 0 Å². The fourth-order valence-electron chi connectivity index (χ4n) is 2.08. The van der Waals surface area contributed by atoms with Gasteiger partial charge in [0.15, 0.2) is 5.82 Å². The summed E-state index contributed by atoms with van der Waals surface area (Å²) in [4.78, 5) is 27.2. The highest BCUT2D eigenvalue weighted by molar-refractivity contribution is 5.94. The molecule has 1 aromatic heterocycles. The van der Waals surface area contributed by atoms with Gasteiger partial charge in [-0.1, -0.05) is 0 Å². The van der Waals surface area contributed by atoms with Gasteiger partial charge in [0.05, 0.1) is 11.5 Å². The summed E-state index contributed by atoms with van der Waals surface area (Å²) >= 11 is 0. The van der Waals surface area contributed by atoms with Crippen LogP contribution in [0, 0.1) is 17.7 Å². The van der Waals surface area contributed by atoms with Gasteiger partial charge in [0.25, 0.3) is 5.91 Å². The molecule has 0 atom stereocenters. The van der Waals surface area contributed by atoms with Crippen molar-refractivity contribution in [1.82, 2.24) is 9.88 Å². The van der Waals surface area contributed by atoms with E-state index in [-0.39, 0.29) is 18.7 Å². The van der Waals surface area contributed by atoms with Crippen LogP contribution in [0.5, 0.6) is 0 Å². The number of aromatic nitrogens is 1. The number of pyridine rings is 1. The monoisotopic (exact) mass is 270 g/mol. The van der Waals surface area contributed by atoms with Gasteiger partial charge in [0, 0.05) is 19.3 Å². The van der Waals surface area contributed by atoms with Crippen LogP contribution in [0.4, 0.5) is 8.78 Å². The third-order valence-electron chi connectivity index (χ3n) is 3.21. The Morgan fingerprint density at radius 1 is 1.32 bits per heavy atom. The van der Waals surface area contributed by atoms with Gasteiger partial charge in [-0.25, -0.2) is 9.37 Å². The lowest BCUT2D eigenvalue weighted by atomic mass is 9.96. The molecular formula is C12H12F2N2O3. The van der Waals surface area contributed by atoms with Crippen molar-refractivity contribution in [2.75, 3.05) is 13.1 Å². The fraction of sp³-hybridized carbons (Fsp3) is 0.417. The molecule has 1 saturated heterocycles. The molecule has 1 fully saturated rings. The number of piperidine rings is 1. The maximum Gasteiger partial charge on any atom is 0.306 e. The Labute approximate surface area is 107 Å². The molecule has 1 aliphatic heterocycles. The zero-order valence-electron chi connectivity index (χ0n) is 9.97. The summed E-state index contributed by atoms with van der Waals surface area (Å²) in [6, 6.07) is 1.12. The Kier molecular flexibility index (Phi) is 3.73. The summed E-state index contributed by atoms with van der Waals surface area (Å²) in [5.41, 5.74) is -0.374. The Bertz CT molecular complexity index is 514. The average Bonchev–Trinajstić information content (AvgIpc) is 2.41. The number of hydrogen-bond donors (Lipinski definition) is 1. The quantitative estimate of drug-likeness (QED) is 0.822. The fourth-order valence-corrected chi connectivity index (χ4v) is 2.08. The van der Waals surface area contributed by atoms with Crippen LogP contribution in [0.1, 0.15) is 23.2 Å². The van der Waals surface area contributed by atoms with E-state index in [1.54, 1.807) is 0 Å². The second-order valence-corrected chi connectivity index (χ2v) is 4.37. The molecule has 1 amide bonds. The predicted octanol–water partition coefficient (Wildman–Crippen LogP) is 1.30. The molecule has 2 heterocycles. The van der Waals surface area contributed by atoms with Crippen molar-refractivity contribution < 1.29 is 23.5 Å². The third-order valence-corrected chi connectivity index (χ3v) is 3.21. The lowest BCUT2D eigenvalue weighted by molar-refractivity contribution is -0.143. The summed E-state index contributed by atoms with van der Waals surface area (Å²) in [7, 11) is 0. The topological polar surface area (TPSA) is 70.5 Å². The summed E-state index contributed by atoms with van der Waals surface area (Å²) < 4.78 is 26.4. The number of aliphatic carboxylic acids is 1. The number of nitrogens with zero attached hydrogens (tertiary/aromatic N) is 2. The highest BCUT2D eigenvalue weighted by Crippen LogP contribution is 2.20. The summed E-state index contributed by atoms with van der Waals surface area (Å²) in [5.74, 6) is -4.60. The van der Waals surface area contributed by atoms with Gasteiger partial charge in [0.2, 0.25) is 5.95 Å². The van der Waals surface area contributed by atoms with Crippen LogP contribution in [-0.4, -0.2) is 40.0 Å². The standard InChI is InChI=1S/C12H12F2N2O3/c13-9-8(1-4-15-10(9)14)11(17)16-5-2-7(3-6-16)12(18)19/h1,4,7H,2-3,5-6H2,(H,18,19). The van der Waals surface area contributed by atoms with Crippen molar-refractivity contribution in [3.05, 3.63) is 29.6 Å². The molecule has 0 unspecified atom stereocenters. The van der Waals surface area contributed by atoms with Crippen LogP contribution in [0.2, 0.25) is 0 Å². The molecule has 0 aromatic carbocycles. The molecule has 5 nitrogen and oxygen atoms in total. The molecule has 1 aliphatic rings. The van der Waals surface area contributed by atoms with Crippen molar-refractivity contribution >= 4 is 11.9 Å². The molecule has 0 radical (unpaired) electrons. The number of rotatable bonds is 2. The van der Waals surface area contributed by atoms with Gasteiger partial charge in [-0.2, -0.15) is 4.39 Å². The largest absolute Gasteiger partial charge is 0.481 e. The van der Waals surface area contributed by atoms with E-state index in [9.17, 15) is 18.4 Å². The van der Waals surface area contributed by atoms with Crippen molar-refractivity contribution in [2.24, 2.45) is 5.92 Å². The van der Waals surface area contributed by atoms with Crippen LogP contribution in [0.3, 0.4) is 0 Å². The van der Waals surface area contributed by atoms with Crippen LogP contribution < -0.4 is 0 Å².